The van der Waals surface area contributed by atoms with Gasteiger partial charge >= 0.3 is 12.1 Å². The molecular formula is C12H23NO5. The summed E-state index contributed by atoms with van der Waals surface area (Å²) in [5.41, 5.74) is -1.22. The Morgan fingerprint density at radius 2 is 1.72 bits per heavy atom. The van der Waals surface area contributed by atoms with Gasteiger partial charge in [0.05, 0.1) is 0 Å². The first-order valence-corrected chi connectivity index (χ1v) is 5.85. The van der Waals surface area contributed by atoms with Crippen molar-refractivity contribution in [2.45, 2.75) is 64.7 Å². The van der Waals surface area contributed by atoms with Gasteiger partial charge in [0, 0.05) is 5.54 Å². The number of hydrogen-bond donors (Lipinski definition) is 3. The maximum absolute atomic E-state index is 11.5. The van der Waals surface area contributed by atoms with E-state index in [2.05, 4.69) is 5.32 Å². The minimum atomic E-state index is -1.41. The summed E-state index contributed by atoms with van der Waals surface area (Å²) in [4.78, 5) is 22.0. The minimum absolute atomic E-state index is 0.0676. The molecule has 0 bridgehead atoms. The first-order valence-electron chi connectivity index (χ1n) is 5.85. The van der Waals surface area contributed by atoms with Crippen molar-refractivity contribution in [2.24, 2.45) is 0 Å². The second-order valence-electron chi connectivity index (χ2n) is 5.90. The van der Waals surface area contributed by atoms with Gasteiger partial charge in [0.1, 0.15) is 5.60 Å². The highest BCUT2D eigenvalue weighted by Gasteiger charge is 2.26. The van der Waals surface area contributed by atoms with Crippen molar-refractivity contribution in [3.8, 4) is 0 Å². The molecule has 0 aromatic heterocycles. The van der Waals surface area contributed by atoms with E-state index in [9.17, 15) is 9.59 Å². The average Bonchev–Trinajstić information content (AvgIpc) is 2.09. The van der Waals surface area contributed by atoms with Crippen molar-refractivity contribution >= 4 is 12.1 Å². The predicted octanol–water partition coefficient (Wildman–Crippen LogP) is 1.52. The van der Waals surface area contributed by atoms with Gasteiger partial charge in [-0.2, -0.15) is 0 Å². The Labute approximate surface area is 107 Å². The zero-order valence-electron chi connectivity index (χ0n) is 11.6. The van der Waals surface area contributed by atoms with Crippen LogP contribution < -0.4 is 5.32 Å². The zero-order chi connectivity index (χ0) is 14.6. The Bertz CT molecular complexity index is 306. The number of carbonyl (C=O) groups is 2. The number of carboxylic acids is 1. The zero-order valence-corrected chi connectivity index (χ0v) is 11.6. The van der Waals surface area contributed by atoms with E-state index in [1.807, 2.05) is 0 Å². The topological polar surface area (TPSA) is 95.9 Å². The molecule has 6 heteroatoms. The molecule has 0 aliphatic carbocycles. The number of amides is 1. The molecule has 18 heavy (non-hydrogen) atoms. The standard InChI is InChI=1S/C12H23NO5/c1-11(2,3)18-10(17)13-12(4,5)7-6-8(14)9(15)16/h8,14H,6-7H2,1-5H3,(H,13,17)(H,15,16). The van der Waals surface area contributed by atoms with Gasteiger partial charge in [-0.3, -0.25) is 0 Å². The number of carboxylic acid groups (broad SMARTS) is 1. The fraction of sp³-hybridized carbons (Fsp3) is 0.833. The quantitative estimate of drug-likeness (QED) is 0.697. The molecule has 0 saturated heterocycles. The van der Waals surface area contributed by atoms with Crippen molar-refractivity contribution in [1.82, 2.24) is 5.32 Å². The molecule has 0 saturated carbocycles. The van der Waals surface area contributed by atoms with Crippen LogP contribution in [0.15, 0.2) is 0 Å². The molecule has 0 aromatic rings. The Balaban J connectivity index is 4.22. The average molecular weight is 261 g/mol. The van der Waals surface area contributed by atoms with E-state index in [1.54, 1.807) is 34.6 Å². The lowest BCUT2D eigenvalue weighted by Gasteiger charge is -2.29. The molecule has 1 atom stereocenters. The number of aliphatic carboxylic acids is 1. The Morgan fingerprint density at radius 3 is 2.11 bits per heavy atom. The van der Waals surface area contributed by atoms with Crippen LogP contribution in [0.25, 0.3) is 0 Å². The molecule has 1 unspecified atom stereocenters. The van der Waals surface area contributed by atoms with Crippen LogP contribution in [0.1, 0.15) is 47.5 Å². The minimum Gasteiger partial charge on any atom is -0.479 e. The lowest BCUT2D eigenvalue weighted by Crippen LogP contribution is -2.46. The lowest BCUT2D eigenvalue weighted by molar-refractivity contribution is -0.147. The number of aliphatic hydroxyl groups is 1. The SMILES string of the molecule is CC(C)(CCC(O)C(=O)O)NC(=O)OC(C)(C)C. The number of hydrogen-bond acceptors (Lipinski definition) is 4. The van der Waals surface area contributed by atoms with Crippen molar-refractivity contribution in [2.75, 3.05) is 0 Å². The molecule has 0 fully saturated rings. The van der Waals surface area contributed by atoms with Crippen LogP contribution in [0.2, 0.25) is 0 Å². The van der Waals surface area contributed by atoms with E-state index < -0.39 is 29.3 Å². The molecular weight excluding hydrogens is 238 g/mol. The van der Waals surface area contributed by atoms with Gasteiger partial charge in [0.15, 0.2) is 6.10 Å². The van der Waals surface area contributed by atoms with Gasteiger partial charge in [0.25, 0.3) is 0 Å². The van der Waals surface area contributed by atoms with Gasteiger partial charge < -0.3 is 20.3 Å². The van der Waals surface area contributed by atoms with Crippen LogP contribution in [0.5, 0.6) is 0 Å². The van der Waals surface area contributed by atoms with Crippen molar-refractivity contribution < 1.29 is 24.5 Å². The molecule has 0 heterocycles. The van der Waals surface area contributed by atoms with Gasteiger partial charge in [0.2, 0.25) is 0 Å². The third-order valence-electron chi connectivity index (χ3n) is 2.17. The van der Waals surface area contributed by atoms with Crippen LogP contribution >= 0.6 is 0 Å². The summed E-state index contributed by atoms with van der Waals surface area (Å²) in [5, 5.41) is 20.4. The summed E-state index contributed by atoms with van der Waals surface area (Å²) in [6.07, 6.45) is -1.57. The van der Waals surface area contributed by atoms with Crippen LogP contribution in [-0.4, -0.2) is 39.5 Å². The predicted molar refractivity (Wildman–Crippen MR) is 66.3 cm³/mol. The van der Waals surface area contributed by atoms with E-state index in [0.717, 1.165) is 0 Å². The Hall–Kier alpha value is -1.30. The van der Waals surface area contributed by atoms with Crippen LogP contribution in [0.4, 0.5) is 4.79 Å². The van der Waals surface area contributed by atoms with Crippen LogP contribution in [-0.2, 0) is 9.53 Å². The lowest BCUT2D eigenvalue weighted by atomic mass is 9.96. The van der Waals surface area contributed by atoms with Crippen molar-refractivity contribution in [1.29, 1.82) is 0 Å². The van der Waals surface area contributed by atoms with Crippen molar-refractivity contribution in [3.05, 3.63) is 0 Å². The molecule has 6 nitrogen and oxygen atoms in total. The molecule has 106 valence electrons. The van der Waals surface area contributed by atoms with E-state index in [1.165, 1.54) is 0 Å². The Kier molecular flexibility index (Phi) is 5.60. The van der Waals surface area contributed by atoms with Gasteiger partial charge in [-0.05, 0) is 47.5 Å². The number of carbonyl (C=O) groups excluding carboxylic acids is 1. The highest BCUT2D eigenvalue weighted by atomic mass is 16.6. The third kappa shape index (κ3) is 7.89. The second kappa shape index (κ2) is 6.04. The first kappa shape index (κ1) is 16.7. The largest absolute Gasteiger partial charge is 0.479 e. The molecule has 0 rings (SSSR count). The van der Waals surface area contributed by atoms with E-state index in [-0.39, 0.29) is 6.42 Å². The monoisotopic (exact) mass is 261 g/mol. The fourth-order valence-corrected chi connectivity index (χ4v) is 1.26. The van der Waals surface area contributed by atoms with E-state index in [4.69, 9.17) is 14.9 Å². The number of nitrogens with one attached hydrogen (secondary N) is 1. The molecule has 0 aromatic carbocycles. The maximum Gasteiger partial charge on any atom is 0.408 e. The number of ether oxygens (including phenoxy) is 1. The molecule has 1 amide bonds. The normalized spacial score (nSPS) is 13.9. The van der Waals surface area contributed by atoms with Crippen molar-refractivity contribution in [3.63, 3.8) is 0 Å². The van der Waals surface area contributed by atoms with Gasteiger partial charge in [-0.25, -0.2) is 9.59 Å². The molecule has 0 radical (unpaired) electrons. The van der Waals surface area contributed by atoms with Gasteiger partial charge in [-0.15, -0.1) is 0 Å². The summed E-state index contributed by atoms with van der Waals surface area (Å²) in [6.45, 7) is 8.76. The molecule has 0 spiro atoms. The van der Waals surface area contributed by atoms with Crippen LogP contribution in [0.3, 0.4) is 0 Å². The second-order valence-corrected chi connectivity index (χ2v) is 5.90. The smallest absolute Gasteiger partial charge is 0.408 e. The summed E-state index contributed by atoms with van der Waals surface area (Å²) in [6, 6.07) is 0. The summed E-state index contributed by atoms with van der Waals surface area (Å²) < 4.78 is 5.10. The molecule has 0 aliphatic rings. The number of alkyl carbamates (subject to hydrolysis) is 1. The summed E-state index contributed by atoms with van der Waals surface area (Å²) in [5.74, 6) is -1.26. The highest BCUT2D eigenvalue weighted by molar-refractivity contribution is 5.72. The Morgan fingerprint density at radius 1 is 1.22 bits per heavy atom. The summed E-state index contributed by atoms with van der Waals surface area (Å²) in [7, 11) is 0. The molecule has 3 N–H and O–H groups in total. The van der Waals surface area contributed by atoms with Gasteiger partial charge in [-0.1, -0.05) is 0 Å². The number of aliphatic hydroxyl groups excluding tert-OH is 1. The maximum atomic E-state index is 11.5. The number of rotatable bonds is 5. The third-order valence-corrected chi connectivity index (χ3v) is 2.17. The van der Waals surface area contributed by atoms with E-state index in [0.29, 0.717) is 6.42 Å². The van der Waals surface area contributed by atoms with Crippen LogP contribution in [0, 0.1) is 0 Å². The first-order chi connectivity index (χ1) is 7.93. The fourth-order valence-electron chi connectivity index (χ4n) is 1.26. The molecule has 0 aliphatic heterocycles. The summed E-state index contributed by atoms with van der Waals surface area (Å²) >= 11 is 0. The van der Waals surface area contributed by atoms with E-state index >= 15 is 0 Å². The highest BCUT2D eigenvalue weighted by Crippen LogP contribution is 2.15.